The highest BCUT2D eigenvalue weighted by Crippen LogP contribution is 2.35. The number of hydrogen-bond donors (Lipinski definition) is 2. The predicted octanol–water partition coefficient (Wildman–Crippen LogP) is 4.15. The van der Waals surface area contributed by atoms with Gasteiger partial charge in [-0.2, -0.15) is 4.98 Å². The van der Waals surface area contributed by atoms with Gasteiger partial charge in [-0.05, 0) is 18.7 Å². The normalized spacial score (nSPS) is 11.7. The summed E-state index contributed by atoms with van der Waals surface area (Å²) in [5.74, 6) is -6.51. The van der Waals surface area contributed by atoms with Gasteiger partial charge in [0.05, 0.1) is 36.6 Å². The molecule has 0 bridgehead atoms. The van der Waals surface area contributed by atoms with Gasteiger partial charge in [-0.15, -0.1) is 11.6 Å². The maximum absolute atomic E-state index is 15.2. The minimum Gasteiger partial charge on any atom is -0.497 e. The van der Waals surface area contributed by atoms with E-state index in [0.717, 1.165) is 30.6 Å². The van der Waals surface area contributed by atoms with E-state index in [1.54, 1.807) is 0 Å². The summed E-state index contributed by atoms with van der Waals surface area (Å²) in [5.41, 5.74) is 2.85. The first kappa shape index (κ1) is 25.2. The zero-order valence-electron chi connectivity index (χ0n) is 17.7. The highest BCUT2D eigenvalue weighted by molar-refractivity contribution is 6.18. The van der Waals surface area contributed by atoms with Gasteiger partial charge in [0, 0.05) is 23.9 Å². The van der Waals surface area contributed by atoms with E-state index in [0.29, 0.717) is 0 Å². The van der Waals surface area contributed by atoms with Crippen molar-refractivity contribution in [1.29, 1.82) is 0 Å². The van der Waals surface area contributed by atoms with Crippen molar-refractivity contribution in [3.05, 3.63) is 65.6 Å². The Kier molecular flexibility index (Phi) is 8.24. The molecule has 3 aromatic rings. The van der Waals surface area contributed by atoms with Crippen LogP contribution < -0.4 is 20.5 Å². The van der Waals surface area contributed by atoms with Crippen LogP contribution in [-0.4, -0.2) is 42.0 Å². The molecule has 1 unspecified atom stereocenters. The number of nitrogens with two attached hydrogens (primary N) is 1. The lowest BCUT2D eigenvalue weighted by Gasteiger charge is -2.15. The summed E-state index contributed by atoms with van der Waals surface area (Å²) in [6.07, 6.45) is 2.36. The number of rotatable bonds is 9. The van der Waals surface area contributed by atoms with E-state index in [4.69, 9.17) is 26.8 Å². The summed E-state index contributed by atoms with van der Waals surface area (Å²) in [5, 5.41) is 2.35. The number of nitrogens with zero attached hydrogens (tertiary/aromatic N) is 2. The average Bonchev–Trinajstić information content (AvgIpc) is 2.82. The van der Waals surface area contributed by atoms with E-state index in [1.807, 2.05) is 0 Å². The van der Waals surface area contributed by atoms with Crippen LogP contribution in [-0.2, 0) is 0 Å². The van der Waals surface area contributed by atoms with Gasteiger partial charge in [0.15, 0.2) is 0 Å². The van der Waals surface area contributed by atoms with Crippen molar-refractivity contribution in [1.82, 2.24) is 9.97 Å². The lowest BCUT2D eigenvalue weighted by Crippen LogP contribution is -2.23. The summed E-state index contributed by atoms with van der Waals surface area (Å²) in [6, 6.07) is 3.10. The first-order chi connectivity index (χ1) is 16.3. The summed E-state index contributed by atoms with van der Waals surface area (Å²) < 4.78 is 68.9. The largest absolute Gasteiger partial charge is 0.497 e. The first-order valence-corrected chi connectivity index (χ1v) is 10.4. The van der Waals surface area contributed by atoms with Crippen LogP contribution in [0.5, 0.6) is 11.6 Å². The standard InChI is InChI=1S/C22H19ClF4N4O3/c1-33-12-4-15(25)18(16(26)5-12)19-14(24)3-2-13(20(19)27)21(32)31-17-8-29-10-30-22(17)34-9-11(6-23)7-28/h2-5,8,10-11H,6-7,9,28H2,1H3,(H,31,32). The van der Waals surface area contributed by atoms with E-state index in [1.165, 1.54) is 13.3 Å². The number of aromatic nitrogens is 2. The van der Waals surface area contributed by atoms with Gasteiger partial charge in [-0.1, -0.05) is 0 Å². The second kappa shape index (κ2) is 11.1. The lowest BCUT2D eigenvalue weighted by atomic mass is 9.99. The van der Waals surface area contributed by atoms with Gasteiger partial charge < -0.3 is 20.5 Å². The Morgan fingerprint density at radius 1 is 1.15 bits per heavy atom. The van der Waals surface area contributed by atoms with Crippen molar-refractivity contribution in [2.75, 3.05) is 31.5 Å². The molecule has 0 saturated heterocycles. The molecule has 180 valence electrons. The van der Waals surface area contributed by atoms with E-state index in [2.05, 4.69) is 15.3 Å². The van der Waals surface area contributed by atoms with Gasteiger partial charge in [-0.25, -0.2) is 22.5 Å². The molecule has 1 atom stereocenters. The van der Waals surface area contributed by atoms with Gasteiger partial charge in [-0.3, -0.25) is 4.79 Å². The number of methoxy groups -OCH3 is 1. The number of amides is 1. The molecule has 7 nitrogen and oxygen atoms in total. The van der Waals surface area contributed by atoms with Gasteiger partial charge >= 0.3 is 0 Å². The van der Waals surface area contributed by atoms with Crippen molar-refractivity contribution < 1.29 is 31.8 Å². The third-order valence-corrected chi connectivity index (χ3v) is 5.20. The maximum Gasteiger partial charge on any atom is 0.258 e. The summed E-state index contributed by atoms with van der Waals surface area (Å²) in [4.78, 5) is 20.5. The van der Waals surface area contributed by atoms with Crippen LogP contribution in [0.2, 0.25) is 0 Å². The molecule has 1 heterocycles. The Bertz CT molecular complexity index is 1170. The molecule has 0 aliphatic rings. The van der Waals surface area contributed by atoms with Crippen molar-refractivity contribution in [3.8, 4) is 22.8 Å². The Hall–Kier alpha value is -3.44. The number of alkyl halides is 1. The summed E-state index contributed by atoms with van der Waals surface area (Å²) >= 11 is 5.78. The molecule has 0 radical (unpaired) electrons. The van der Waals surface area contributed by atoms with E-state index in [-0.39, 0.29) is 42.3 Å². The molecule has 1 amide bonds. The zero-order valence-corrected chi connectivity index (χ0v) is 18.5. The Balaban J connectivity index is 1.94. The van der Waals surface area contributed by atoms with Crippen LogP contribution in [0.4, 0.5) is 23.2 Å². The molecular weight excluding hydrogens is 480 g/mol. The molecule has 3 N–H and O–H groups in total. The first-order valence-electron chi connectivity index (χ1n) is 9.82. The minimum atomic E-state index is -1.47. The number of hydrogen-bond acceptors (Lipinski definition) is 6. The van der Waals surface area contributed by atoms with Crippen molar-refractivity contribution in [2.45, 2.75) is 0 Å². The van der Waals surface area contributed by atoms with Gasteiger partial charge in [0.2, 0.25) is 5.88 Å². The second-order valence-corrected chi connectivity index (χ2v) is 7.32. The maximum atomic E-state index is 15.2. The van der Waals surface area contributed by atoms with Gasteiger partial charge in [0.1, 0.15) is 41.0 Å². The lowest BCUT2D eigenvalue weighted by molar-refractivity contribution is 0.102. The number of ether oxygens (including phenoxy) is 2. The van der Waals surface area contributed by atoms with Crippen LogP contribution in [0.25, 0.3) is 11.1 Å². The average molecular weight is 499 g/mol. The van der Waals surface area contributed by atoms with E-state index >= 15 is 4.39 Å². The van der Waals surface area contributed by atoms with Crippen LogP contribution >= 0.6 is 11.6 Å². The number of carbonyl (C=O) groups excluding carboxylic acids is 1. The van der Waals surface area contributed by atoms with Gasteiger partial charge in [0.25, 0.3) is 5.91 Å². The van der Waals surface area contributed by atoms with Crippen molar-refractivity contribution in [2.24, 2.45) is 11.7 Å². The molecule has 0 spiro atoms. The molecule has 0 aliphatic carbocycles. The zero-order chi connectivity index (χ0) is 24.8. The summed E-state index contributed by atoms with van der Waals surface area (Å²) in [6.45, 7) is 0.337. The highest BCUT2D eigenvalue weighted by Gasteiger charge is 2.26. The van der Waals surface area contributed by atoms with E-state index < -0.39 is 45.9 Å². The monoisotopic (exact) mass is 498 g/mol. The number of anilines is 1. The topological polar surface area (TPSA) is 99.4 Å². The molecule has 1 aromatic heterocycles. The number of benzene rings is 2. The predicted molar refractivity (Wildman–Crippen MR) is 117 cm³/mol. The van der Waals surface area contributed by atoms with Crippen LogP contribution in [0, 0.1) is 29.2 Å². The third kappa shape index (κ3) is 5.37. The minimum absolute atomic E-state index is 0.0232. The Morgan fingerprint density at radius 3 is 2.47 bits per heavy atom. The molecular formula is C22H19ClF4N4O3. The molecule has 34 heavy (non-hydrogen) atoms. The van der Waals surface area contributed by atoms with Crippen LogP contribution in [0.3, 0.4) is 0 Å². The Morgan fingerprint density at radius 2 is 1.85 bits per heavy atom. The smallest absolute Gasteiger partial charge is 0.258 e. The molecule has 0 aliphatic heterocycles. The Labute approximate surface area is 196 Å². The fraction of sp³-hybridized carbons (Fsp3) is 0.227. The van der Waals surface area contributed by atoms with E-state index in [9.17, 15) is 18.0 Å². The molecule has 0 saturated carbocycles. The number of halogens is 5. The van der Waals surface area contributed by atoms with Crippen molar-refractivity contribution >= 4 is 23.2 Å². The molecule has 2 aromatic carbocycles. The van der Waals surface area contributed by atoms with Crippen LogP contribution in [0.15, 0.2) is 36.8 Å². The fourth-order valence-corrected chi connectivity index (χ4v) is 3.16. The molecule has 0 fully saturated rings. The SMILES string of the molecule is COc1cc(F)c(-c2c(F)ccc(C(=O)Nc3cncnc3OCC(CN)CCl)c2F)c(F)c1. The van der Waals surface area contributed by atoms with Crippen molar-refractivity contribution in [3.63, 3.8) is 0 Å². The van der Waals surface area contributed by atoms with Crippen LogP contribution in [0.1, 0.15) is 10.4 Å². The number of nitrogens with one attached hydrogen (secondary N) is 1. The quantitative estimate of drug-likeness (QED) is 0.339. The highest BCUT2D eigenvalue weighted by atomic mass is 35.5. The fourth-order valence-electron chi connectivity index (χ4n) is 2.94. The second-order valence-electron chi connectivity index (χ2n) is 7.01. The molecule has 3 rings (SSSR count). The summed E-state index contributed by atoms with van der Waals surface area (Å²) in [7, 11) is 1.18. The number of carbonyl (C=O) groups is 1. The molecule has 12 heteroatoms. The third-order valence-electron chi connectivity index (χ3n) is 4.77.